The summed E-state index contributed by atoms with van der Waals surface area (Å²) in [7, 11) is 0. The van der Waals surface area contributed by atoms with Gasteiger partial charge < -0.3 is 10.6 Å². The second-order valence-corrected chi connectivity index (χ2v) is 8.55. The fourth-order valence-electron chi connectivity index (χ4n) is 3.92. The molecule has 148 valence electrons. The Hall–Kier alpha value is -2.87. The van der Waals surface area contributed by atoms with Gasteiger partial charge in [-0.25, -0.2) is 15.0 Å². The Kier molecular flexibility index (Phi) is 4.93. The average Bonchev–Trinajstić information content (AvgIpc) is 3.38. The minimum Gasteiger partial charge on any atom is -0.367 e. The number of rotatable bonds is 5. The Morgan fingerprint density at radius 3 is 2.76 bits per heavy atom. The molecule has 2 N–H and O–H groups in total. The van der Waals surface area contributed by atoms with Crippen molar-refractivity contribution in [1.82, 2.24) is 19.5 Å². The van der Waals surface area contributed by atoms with E-state index in [9.17, 15) is 4.79 Å². The van der Waals surface area contributed by atoms with Crippen LogP contribution < -0.4 is 16.2 Å². The molecule has 0 amide bonds. The molecule has 8 heteroatoms. The maximum Gasteiger partial charge on any atom is 0.255 e. The fourth-order valence-corrected chi connectivity index (χ4v) is 4.88. The van der Waals surface area contributed by atoms with Gasteiger partial charge in [-0.15, -0.1) is 11.8 Å². The third kappa shape index (κ3) is 3.98. The molecule has 2 aliphatic rings. The van der Waals surface area contributed by atoms with E-state index in [0.29, 0.717) is 12.1 Å². The molecule has 29 heavy (non-hydrogen) atoms. The number of aryl methyl sites for hydroxylation is 1. The highest BCUT2D eigenvalue weighted by Crippen LogP contribution is 2.30. The van der Waals surface area contributed by atoms with Crippen molar-refractivity contribution in [1.29, 1.82) is 0 Å². The van der Waals surface area contributed by atoms with Gasteiger partial charge in [0, 0.05) is 47.6 Å². The normalized spacial score (nSPS) is 20.4. The van der Waals surface area contributed by atoms with Gasteiger partial charge in [0.1, 0.15) is 5.82 Å². The quantitative estimate of drug-likeness (QED) is 0.673. The van der Waals surface area contributed by atoms with Crippen molar-refractivity contribution in [3.05, 3.63) is 65.0 Å². The zero-order valence-corrected chi connectivity index (χ0v) is 16.7. The second kappa shape index (κ2) is 7.87. The summed E-state index contributed by atoms with van der Waals surface area (Å²) in [6.45, 7) is 0. The Labute approximate surface area is 173 Å². The Morgan fingerprint density at radius 2 is 1.93 bits per heavy atom. The summed E-state index contributed by atoms with van der Waals surface area (Å²) in [5.41, 5.74) is 1.87. The average molecular weight is 407 g/mol. The molecule has 0 radical (unpaired) electrons. The molecule has 5 rings (SSSR count). The van der Waals surface area contributed by atoms with E-state index in [2.05, 4.69) is 25.6 Å². The van der Waals surface area contributed by atoms with Crippen molar-refractivity contribution in [2.24, 2.45) is 0 Å². The van der Waals surface area contributed by atoms with Crippen molar-refractivity contribution in [3.63, 3.8) is 0 Å². The number of fused-ring (bicyclic) bond motifs is 1. The van der Waals surface area contributed by atoms with Crippen LogP contribution in [0, 0.1) is 0 Å². The Bertz CT molecular complexity index is 1070. The molecule has 1 aliphatic carbocycles. The molecule has 3 aromatic heterocycles. The van der Waals surface area contributed by atoms with Gasteiger partial charge in [0.2, 0.25) is 5.95 Å². The highest BCUT2D eigenvalue weighted by molar-refractivity contribution is 7.99. The first-order valence-electron chi connectivity index (χ1n) is 9.90. The minimum absolute atomic E-state index is 0.0629. The van der Waals surface area contributed by atoms with E-state index in [1.54, 1.807) is 29.1 Å². The summed E-state index contributed by atoms with van der Waals surface area (Å²) >= 11 is 1.83. The summed E-state index contributed by atoms with van der Waals surface area (Å²) in [6.07, 6.45) is 9.59. The van der Waals surface area contributed by atoms with E-state index < -0.39 is 0 Å². The van der Waals surface area contributed by atoms with Gasteiger partial charge in [-0.3, -0.25) is 9.36 Å². The molecular weight excluding hydrogens is 384 g/mol. The van der Waals surface area contributed by atoms with Crippen LogP contribution in [0.25, 0.3) is 5.69 Å². The third-order valence-corrected chi connectivity index (χ3v) is 6.45. The summed E-state index contributed by atoms with van der Waals surface area (Å²) in [5.74, 6) is 2.68. The Balaban J connectivity index is 1.19. The molecule has 3 aromatic rings. The SMILES string of the molecule is O=c1ccccn1-c1ccc(N[C@H]2CC[C@H](Nc3ncc4c(n3)CCS4)C2)nc1. The molecule has 1 fully saturated rings. The second-order valence-electron chi connectivity index (χ2n) is 7.41. The van der Waals surface area contributed by atoms with Gasteiger partial charge >= 0.3 is 0 Å². The van der Waals surface area contributed by atoms with Crippen molar-refractivity contribution in [2.45, 2.75) is 42.7 Å². The number of thioether (sulfide) groups is 1. The first-order valence-corrected chi connectivity index (χ1v) is 10.9. The molecule has 4 heterocycles. The van der Waals surface area contributed by atoms with Gasteiger partial charge in [0.25, 0.3) is 5.56 Å². The van der Waals surface area contributed by atoms with Crippen molar-refractivity contribution >= 4 is 23.5 Å². The van der Waals surface area contributed by atoms with Crippen LogP contribution in [0.2, 0.25) is 0 Å². The number of hydrogen-bond acceptors (Lipinski definition) is 7. The van der Waals surface area contributed by atoms with Crippen LogP contribution in [0.3, 0.4) is 0 Å². The summed E-state index contributed by atoms with van der Waals surface area (Å²) in [6, 6.07) is 9.68. The zero-order valence-electron chi connectivity index (χ0n) is 15.9. The predicted octanol–water partition coefficient (Wildman–Crippen LogP) is 3.12. The molecular formula is C21H22N6OS. The maximum atomic E-state index is 11.9. The molecule has 0 bridgehead atoms. The molecule has 0 spiro atoms. The highest BCUT2D eigenvalue weighted by atomic mass is 32.2. The number of pyridine rings is 2. The molecule has 1 saturated carbocycles. The van der Waals surface area contributed by atoms with Crippen LogP contribution >= 0.6 is 11.8 Å². The lowest BCUT2D eigenvalue weighted by molar-refractivity contribution is 0.714. The topological polar surface area (TPSA) is 84.7 Å². The first-order chi connectivity index (χ1) is 14.2. The number of nitrogens with zero attached hydrogens (tertiary/aromatic N) is 4. The molecule has 0 saturated heterocycles. The van der Waals surface area contributed by atoms with Crippen LogP contribution in [0.4, 0.5) is 11.8 Å². The lowest BCUT2D eigenvalue weighted by Gasteiger charge is -2.15. The maximum absolute atomic E-state index is 11.9. The molecule has 1 aliphatic heterocycles. The van der Waals surface area contributed by atoms with E-state index in [1.165, 1.54) is 10.6 Å². The fraction of sp³-hybridized carbons (Fsp3) is 0.333. The van der Waals surface area contributed by atoms with E-state index in [4.69, 9.17) is 0 Å². The zero-order chi connectivity index (χ0) is 19.6. The van der Waals surface area contributed by atoms with E-state index in [1.807, 2.05) is 36.2 Å². The van der Waals surface area contributed by atoms with Crippen LogP contribution in [-0.2, 0) is 6.42 Å². The van der Waals surface area contributed by atoms with Gasteiger partial charge in [-0.1, -0.05) is 6.07 Å². The number of hydrogen-bond donors (Lipinski definition) is 2. The van der Waals surface area contributed by atoms with E-state index >= 15 is 0 Å². The predicted molar refractivity (Wildman–Crippen MR) is 115 cm³/mol. The molecule has 0 aromatic carbocycles. The number of nitrogens with one attached hydrogen (secondary N) is 2. The van der Waals surface area contributed by atoms with Crippen molar-refractivity contribution in [3.8, 4) is 5.69 Å². The summed E-state index contributed by atoms with van der Waals surface area (Å²) < 4.78 is 1.58. The number of aromatic nitrogens is 4. The standard InChI is InChI=1S/C21H22N6OS/c28-20-3-1-2-9-27(20)16-6-7-19(22-12-16)24-14-4-5-15(11-14)25-21-23-13-18-17(26-21)8-10-29-18/h1-3,6-7,9,12-15H,4-5,8,10-11H2,(H,22,24)(H,23,25,26)/t14-,15-/m0/s1. The minimum atomic E-state index is -0.0629. The van der Waals surface area contributed by atoms with E-state index in [-0.39, 0.29) is 5.56 Å². The first kappa shape index (κ1) is 18.2. The number of anilines is 2. The van der Waals surface area contributed by atoms with E-state index in [0.717, 1.165) is 48.9 Å². The van der Waals surface area contributed by atoms with Crippen LogP contribution in [0.5, 0.6) is 0 Å². The van der Waals surface area contributed by atoms with Crippen LogP contribution in [-0.4, -0.2) is 37.4 Å². The molecule has 2 atom stereocenters. The van der Waals surface area contributed by atoms with Crippen molar-refractivity contribution < 1.29 is 0 Å². The smallest absolute Gasteiger partial charge is 0.255 e. The third-order valence-electron chi connectivity index (χ3n) is 5.39. The van der Waals surface area contributed by atoms with Gasteiger partial charge in [0.15, 0.2) is 0 Å². The monoisotopic (exact) mass is 406 g/mol. The molecule has 0 unspecified atom stereocenters. The van der Waals surface area contributed by atoms with Crippen molar-refractivity contribution in [2.75, 3.05) is 16.4 Å². The van der Waals surface area contributed by atoms with Gasteiger partial charge in [-0.05, 0) is 37.5 Å². The largest absolute Gasteiger partial charge is 0.367 e. The van der Waals surface area contributed by atoms with Crippen LogP contribution in [0.15, 0.2) is 58.6 Å². The lowest BCUT2D eigenvalue weighted by Crippen LogP contribution is -2.22. The highest BCUT2D eigenvalue weighted by Gasteiger charge is 2.26. The molecule has 7 nitrogen and oxygen atoms in total. The van der Waals surface area contributed by atoms with Crippen LogP contribution in [0.1, 0.15) is 25.0 Å². The lowest BCUT2D eigenvalue weighted by atomic mass is 10.2. The van der Waals surface area contributed by atoms with Gasteiger partial charge in [-0.2, -0.15) is 0 Å². The summed E-state index contributed by atoms with van der Waals surface area (Å²) in [5, 5.41) is 7.00. The summed E-state index contributed by atoms with van der Waals surface area (Å²) in [4.78, 5) is 26.8. The Morgan fingerprint density at radius 1 is 1.03 bits per heavy atom. The van der Waals surface area contributed by atoms with Gasteiger partial charge in [0.05, 0.1) is 17.6 Å².